The van der Waals surface area contributed by atoms with Crippen LogP contribution in [0.5, 0.6) is 0 Å². The monoisotopic (exact) mass is 516 g/mol. The fourth-order valence-electron chi connectivity index (χ4n) is 5.12. The molecule has 2 aromatic heterocycles. The zero-order chi connectivity index (χ0) is 26.0. The van der Waals surface area contributed by atoms with Crippen LogP contribution in [0.25, 0.3) is 22.3 Å². The van der Waals surface area contributed by atoms with Crippen molar-refractivity contribution < 1.29 is 9.59 Å². The Hall–Kier alpha value is -3.03. The first kappa shape index (κ1) is 25.6. The van der Waals surface area contributed by atoms with Gasteiger partial charge in [0, 0.05) is 35.7 Å². The highest BCUT2D eigenvalue weighted by Gasteiger charge is 2.32. The van der Waals surface area contributed by atoms with E-state index < -0.39 is 5.54 Å². The minimum absolute atomic E-state index is 0.00323. The minimum atomic E-state index is -0.398. The van der Waals surface area contributed by atoms with Crippen LogP contribution in [-0.4, -0.2) is 22.8 Å². The van der Waals surface area contributed by atoms with Gasteiger partial charge in [0.1, 0.15) is 5.82 Å². The van der Waals surface area contributed by atoms with Crippen molar-refractivity contribution >= 4 is 29.0 Å². The fourth-order valence-corrected chi connectivity index (χ4v) is 5.78. The lowest BCUT2D eigenvalue weighted by Gasteiger charge is -2.28. The number of nitrogens with two attached hydrogens (primary N) is 1. The Morgan fingerprint density at radius 1 is 1.00 bits per heavy atom. The molecule has 0 atom stereocenters. The minimum Gasteiger partial charge on any atom is -0.353 e. The van der Waals surface area contributed by atoms with E-state index in [2.05, 4.69) is 56.7 Å². The van der Waals surface area contributed by atoms with Gasteiger partial charge in [-0.05, 0) is 103 Å². The number of hydrogen-bond donors (Lipinski definition) is 3. The number of pyridine rings is 1. The molecule has 0 unspecified atom stereocenters. The molecule has 0 bridgehead atoms. The van der Waals surface area contributed by atoms with Crippen LogP contribution in [0.1, 0.15) is 64.4 Å². The van der Waals surface area contributed by atoms with Gasteiger partial charge in [-0.3, -0.25) is 9.59 Å². The molecule has 2 fully saturated rings. The molecule has 0 spiro atoms. The Balaban J connectivity index is 1.24. The SMILES string of the molecule is CC(C)(N)c1ccc(-c2cnc(NC(=O)C[C@H]3CC[C@H](NC(=O)C4CC4)CC3)cc2-c2ccsc2)cc1. The van der Waals surface area contributed by atoms with E-state index in [9.17, 15) is 9.59 Å². The molecule has 2 heterocycles. The first-order valence-corrected chi connectivity index (χ1v) is 14.2. The first-order valence-electron chi connectivity index (χ1n) is 13.3. The molecule has 2 amide bonds. The topological polar surface area (TPSA) is 97.1 Å². The Morgan fingerprint density at radius 3 is 2.35 bits per heavy atom. The predicted octanol–water partition coefficient (Wildman–Crippen LogP) is 6.08. The third kappa shape index (κ3) is 6.46. The lowest BCUT2D eigenvalue weighted by atomic mass is 9.84. The average molecular weight is 517 g/mol. The smallest absolute Gasteiger partial charge is 0.225 e. The second-order valence-corrected chi connectivity index (χ2v) is 12.0. The van der Waals surface area contributed by atoms with Crippen molar-refractivity contribution in [2.45, 2.75) is 70.4 Å². The van der Waals surface area contributed by atoms with Crippen LogP contribution >= 0.6 is 11.3 Å². The number of benzene rings is 1. The number of nitrogens with one attached hydrogen (secondary N) is 2. The van der Waals surface area contributed by atoms with Gasteiger partial charge in [0.05, 0.1) is 0 Å². The molecule has 2 saturated carbocycles. The number of rotatable bonds is 8. The zero-order valence-electron chi connectivity index (χ0n) is 21.6. The van der Waals surface area contributed by atoms with Gasteiger partial charge in [0.15, 0.2) is 0 Å². The van der Waals surface area contributed by atoms with Gasteiger partial charge in [-0.1, -0.05) is 24.3 Å². The van der Waals surface area contributed by atoms with Gasteiger partial charge < -0.3 is 16.4 Å². The second kappa shape index (κ2) is 10.8. The van der Waals surface area contributed by atoms with Gasteiger partial charge in [0.25, 0.3) is 0 Å². The van der Waals surface area contributed by atoms with Gasteiger partial charge in [-0.2, -0.15) is 11.3 Å². The number of anilines is 1. The molecule has 0 saturated heterocycles. The molecule has 0 radical (unpaired) electrons. The number of thiophene rings is 1. The summed E-state index contributed by atoms with van der Waals surface area (Å²) in [7, 11) is 0. The number of nitrogens with zero attached hydrogens (tertiary/aromatic N) is 1. The van der Waals surface area contributed by atoms with Crippen molar-refractivity contribution in [1.82, 2.24) is 10.3 Å². The maximum Gasteiger partial charge on any atom is 0.225 e. The Bertz CT molecular complexity index is 1240. The summed E-state index contributed by atoms with van der Waals surface area (Å²) in [6, 6.07) is 12.6. The van der Waals surface area contributed by atoms with Crippen LogP contribution in [0.3, 0.4) is 0 Å². The van der Waals surface area contributed by atoms with Crippen molar-refractivity contribution in [1.29, 1.82) is 0 Å². The quantitative estimate of drug-likeness (QED) is 0.338. The van der Waals surface area contributed by atoms with E-state index in [4.69, 9.17) is 5.73 Å². The van der Waals surface area contributed by atoms with Gasteiger partial charge in [0.2, 0.25) is 11.8 Å². The maximum atomic E-state index is 12.9. The largest absolute Gasteiger partial charge is 0.353 e. The van der Waals surface area contributed by atoms with Crippen molar-refractivity contribution in [2.24, 2.45) is 17.6 Å². The van der Waals surface area contributed by atoms with Gasteiger partial charge in [-0.15, -0.1) is 0 Å². The third-order valence-electron chi connectivity index (χ3n) is 7.56. The summed E-state index contributed by atoms with van der Waals surface area (Å²) in [4.78, 5) is 29.5. The zero-order valence-corrected chi connectivity index (χ0v) is 22.4. The van der Waals surface area contributed by atoms with E-state index in [1.807, 2.05) is 26.1 Å². The van der Waals surface area contributed by atoms with Crippen LogP contribution in [0.4, 0.5) is 5.82 Å². The highest BCUT2D eigenvalue weighted by atomic mass is 32.1. The lowest BCUT2D eigenvalue weighted by Crippen LogP contribution is -2.38. The summed E-state index contributed by atoms with van der Waals surface area (Å²) in [5, 5.41) is 10.4. The van der Waals surface area contributed by atoms with Crippen molar-refractivity contribution in [3.63, 3.8) is 0 Å². The van der Waals surface area contributed by atoms with Crippen molar-refractivity contribution in [3.05, 3.63) is 58.9 Å². The number of carbonyl (C=O) groups excluding carboxylic acids is 2. The summed E-state index contributed by atoms with van der Waals surface area (Å²) >= 11 is 1.65. The van der Waals surface area contributed by atoms with E-state index in [1.54, 1.807) is 11.3 Å². The number of carbonyl (C=O) groups is 2. The highest BCUT2D eigenvalue weighted by Crippen LogP contribution is 2.36. The van der Waals surface area contributed by atoms with Crippen LogP contribution < -0.4 is 16.4 Å². The number of aromatic nitrogens is 1. The first-order chi connectivity index (χ1) is 17.8. The molecule has 3 aromatic rings. The Morgan fingerprint density at radius 2 is 1.73 bits per heavy atom. The number of hydrogen-bond acceptors (Lipinski definition) is 5. The molecular formula is C30H36N4O2S. The molecule has 194 valence electrons. The summed E-state index contributed by atoms with van der Waals surface area (Å²) in [5.74, 6) is 1.38. The van der Waals surface area contributed by atoms with E-state index in [1.165, 1.54) is 0 Å². The Labute approximate surface area is 223 Å². The summed E-state index contributed by atoms with van der Waals surface area (Å²) in [6.07, 6.45) is 8.22. The van der Waals surface area contributed by atoms with Crippen LogP contribution in [0, 0.1) is 11.8 Å². The van der Waals surface area contributed by atoms with Crippen molar-refractivity contribution in [2.75, 3.05) is 5.32 Å². The van der Waals surface area contributed by atoms with Gasteiger partial charge in [-0.25, -0.2) is 4.98 Å². The predicted molar refractivity (Wildman–Crippen MR) is 150 cm³/mol. The number of amides is 2. The third-order valence-corrected chi connectivity index (χ3v) is 8.24. The normalized spacial score (nSPS) is 19.9. The van der Waals surface area contributed by atoms with Crippen LogP contribution in [0.15, 0.2) is 53.4 Å². The summed E-state index contributed by atoms with van der Waals surface area (Å²) in [5.41, 5.74) is 11.2. The molecular weight excluding hydrogens is 480 g/mol. The van der Waals surface area contributed by atoms with Gasteiger partial charge >= 0.3 is 0 Å². The molecule has 2 aliphatic rings. The average Bonchev–Trinajstić information content (AvgIpc) is 3.59. The van der Waals surface area contributed by atoms with Crippen LogP contribution in [-0.2, 0) is 15.1 Å². The second-order valence-electron chi connectivity index (χ2n) is 11.2. The highest BCUT2D eigenvalue weighted by molar-refractivity contribution is 7.08. The fraction of sp³-hybridized carbons (Fsp3) is 0.433. The van der Waals surface area contributed by atoms with E-state index in [0.29, 0.717) is 18.2 Å². The molecule has 1 aromatic carbocycles. The lowest BCUT2D eigenvalue weighted by molar-refractivity contribution is -0.123. The van der Waals surface area contributed by atoms with Crippen LogP contribution in [0.2, 0.25) is 0 Å². The molecule has 2 aliphatic carbocycles. The molecule has 37 heavy (non-hydrogen) atoms. The van der Waals surface area contributed by atoms with Crippen molar-refractivity contribution in [3.8, 4) is 22.3 Å². The van der Waals surface area contributed by atoms with E-state index in [-0.39, 0.29) is 23.8 Å². The maximum absolute atomic E-state index is 12.9. The standard InChI is InChI=1S/C30H36N4O2S/c1-30(2,31)23-9-7-20(8-10-23)26-17-32-27(16-25(26)22-13-14-37-18-22)34-28(35)15-19-3-11-24(12-4-19)33-29(36)21-5-6-21/h7-10,13-14,16-19,21,24H,3-6,11-12,15,31H2,1-2H3,(H,33,36)(H,32,34,35)/t19-,24-. The summed E-state index contributed by atoms with van der Waals surface area (Å²) < 4.78 is 0. The summed E-state index contributed by atoms with van der Waals surface area (Å²) in [6.45, 7) is 3.99. The molecule has 5 rings (SSSR count). The molecule has 4 N–H and O–H groups in total. The van der Waals surface area contributed by atoms with E-state index >= 15 is 0 Å². The Kier molecular flexibility index (Phi) is 7.45. The molecule has 6 nitrogen and oxygen atoms in total. The molecule has 0 aliphatic heterocycles. The van der Waals surface area contributed by atoms with E-state index in [0.717, 1.165) is 66.3 Å². The molecule has 7 heteroatoms.